The Morgan fingerprint density at radius 1 is 0.963 bits per heavy atom. The van der Waals surface area contributed by atoms with Crippen molar-refractivity contribution in [3.8, 4) is 11.5 Å². The van der Waals surface area contributed by atoms with E-state index in [1.54, 1.807) is 21.3 Å². The lowest BCUT2D eigenvalue weighted by molar-refractivity contribution is 0.123. The molecule has 0 amide bonds. The fraction of sp³-hybridized carbons (Fsp3) is 0.350. The Hall–Kier alpha value is -2.00. The van der Waals surface area contributed by atoms with Crippen molar-refractivity contribution >= 4 is 29.9 Å². The third-order valence-corrected chi connectivity index (χ3v) is 3.83. The largest absolute Gasteiger partial charge is 0.497 e. The molecule has 148 valence electrons. The Bertz CT molecular complexity index is 693. The molecule has 0 aliphatic carbocycles. The molecule has 0 aliphatic rings. The standard InChI is InChI=1S/C20H27N3O3.HI/c1-21-20(23-14-16-8-10-18(24-2)11-9-16)22-12-13-26-15-17-6-4-5-7-19(17)25-3;/h4-11H,12-15H2,1-3H3,(H2,21,22,23);1H. The van der Waals surface area contributed by atoms with Gasteiger partial charge in [0, 0.05) is 25.7 Å². The number of para-hydroxylation sites is 1. The molecule has 0 atom stereocenters. The molecule has 0 radical (unpaired) electrons. The van der Waals surface area contributed by atoms with E-state index in [0.29, 0.717) is 26.3 Å². The Morgan fingerprint density at radius 2 is 1.70 bits per heavy atom. The Labute approximate surface area is 178 Å². The van der Waals surface area contributed by atoms with Crippen LogP contribution in [0.5, 0.6) is 11.5 Å². The molecule has 0 bridgehead atoms. The number of hydrogen-bond acceptors (Lipinski definition) is 4. The minimum Gasteiger partial charge on any atom is -0.497 e. The van der Waals surface area contributed by atoms with Crippen molar-refractivity contribution in [1.82, 2.24) is 10.6 Å². The highest BCUT2D eigenvalue weighted by Gasteiger charge is 2.02. The summed E-state index contributed by atoms with van der Waals surface area (Å²) >= 11 is 0. The van der Waals surface area contributed by atoms with Gasteiger partial charge in [0.25, 0.3) is 0 Å². The third kappa shape index (κ3) is 8.04. The molecule has 2 rings (SSSR count). The summed E-state index contributed by atoms with van der Waals surface area (Å²) in [5.41, 5.74) is 2.19. The summed E-state index contributed by atoms with van der Waals surface area (Å²) in [6, 6.07) is 15.8. The number of benzene rings is 2. The lowest BCUT2D eigenvalue weighted by atomic mass is 10.2. The Morgan fingerprint density at radius 3 is 2.37 bits per heavy atom. The first-order chi connectivity index (χ1) is 12.8. The number of halogens is 1. The van der Waals surface area contributed by atoms with Crippen LogP contribution in [0.2, 0.25) is 0 Å². The molecule has 0 fully saturated rings. The van der Waals surface area contributed by atoms with Crippen LogP contribution in [0.15, 0.2) is 53.5 Å². The van der Waals surface area contributed by atoms with E-state index in [9.17, 15) is 0 Å². The van der Waals surface area contributed by atoms with Gasteiger partial charge in [0.05, 0.1) is 27.4 Å². The molecule has 0 aliphatic heterocycles. The van der Waals surface area contributed by atoms with Gasteiger partial charge in [0.15, 0.2) is 5.96 Å². The molecule has 0 heterocycles. The van der Waals surface area contributed by atoms with Gasteiger partial charge in [-0.3, -0.25) is 4.99 Å². The average molecular weight is 485 g/mol. The molecular formula is C20H28IN3O3. The molecule has 0 spiro atoms. The molecule has 0 aromatic heterocycles. The Balaban J connectivity index is 0.00000364. The van der Waals surface area contributed by atoms with Crippen molar-refractivity contribution in [2.75, 3.05) is 34.4 Å². The first-order valence-electron chi connectivity index (χ1n) is 8.54. The number of guanidine groups is 1. The molecule has 2 aromatic carbocycles. The van der Waals surface area contributed by atoms with Crippen LogP contribution in [0.1, 0.15) is 11.1 Å². The van der Waals surface area contributed by atoms with Gasteiger partial charge >= 0.3 is 0 Å². The SMILES string of the molecule is CN=C(NCCOCc1ccccc1OC)NCc1ccc(OC)cc1.I. The van der Waals surface area contributed by atoms with Crippen molar-refractivity contribution in [1.29, 1.82) is 0 Å². The first-order valence-corrected chi connectivity index (χ1v) is 8.54. The maximum absolute atomic E-state index is 5.71. The molecule has 27 heavy (non-hydrogen) atoms. The van der Waals surface area contributed by atoms with Crippen molar-refractivity contribution in [3.05, 3.63) is 59.7 Å². The molecule has 0 unspecified atom stereocenters. The van der Waals surface area contributed by atoms with Crippen molar-refractivity contribution in [2.24, 2.45) is 4.99 Å². The summed E-state index contributed by atoms with van der Waals surface area (Å²) in [5.74, 6) is 2.43. The molecule has 2 aromatic rings. The van der Waals surface area contributed by atoms with Crippen LogP contribution in [0.25, 0.3) is 0 Å². The van der Waals surface area contributed by atoms with Crippen LogP contribution >= 0.6 is 24.0 Å². The van der Waals surface area contributed by atoms with Crippen LogP contribution in [-0.4, -0.2) is 40.4 Å². The summed E-state index contributed by atoms with van der Waals surface area (Å²) in [5, 5.41) is 6.51. The summed E-state index contributed by atoms with van der Waals surface area (Å²) in [6.45, 7) is 2.44. The van der Waals surface area contributed by atoms with Crippen molar-refractivity contribution < 1.29 is 14.2 Å². The number of hydrogen-bond donors (Lipinski definition) is 2. The molecule has 6 nitrogen and oxygen atoms in total. The van der Waals surface area contributed by atoms with Crippen LogP contribution in [0, 0.1) is 0 Å². The predicted molar refractivity (Wildman–Crippen MR) is 119 cm³/mol. The smallest absolute Gasteiger partial charge is 0.191 e. The van der Waals surface area contributed by atoms with Crippen LogP contribution < -0.4 is 20.1 Å². The van der Waals surface area contributed by atoms with E-state index in [2.05, 4.69) is 15.6 Å². The van der Waals surface area contributed by atoms with Gasteiger partial charge in [-0.2, -0.15) is 0 Å². The molecule has 7 heteroatoms. The van der Waals surface area contributed by atoms with E-state index in [1.165, 1.54) is 0 Å². The van der Waals surface area contributed by atoms with Gasteiger partial charge in [0.1, 0.15) is 11.5 Å². The fourth-order valence-electron chi connectivity index (χ4n) is 2.40. The summed E-state index contributed by atoms with van der Waals surface area (Å²) in [4.78, 5) is 4.21. The highest BCUT2D eigenvalue weighted by molar-refractivity contribution is 14.0. The number of nitrogens with zero attached hydrogens (tertiary/aromatic N) is 1. The highest BCUT2D eigenvalue weighted by atomic mass is 127. The quantitative estimate of drug-likeness (QED) is 0.247. The van der Waals surface area contributed by atoms with E-state index >= 15 is 0 Å². The molecule has 0 saturated carbocycles. The van der Waals surface area contributed by atoms with E-state index in [-0.39, 0.29) is 24.0 Å². The van der Waals surface area contributed by atoms with Crippen LogP contribution in [0.4, 0.5) is 0 Å². The normalized spacial score (nSPS) is 10.7. The van der Waals surface area contributed by atoms with Gasteiger partial charge < -0.3 is 24.8 Å². The van der Waals surface area contributed by atoms with Crippen molar-refractivity contribution in [2.45, 2.75) is 13.2 Å². The van der Waals surface area contributed by atoms with E-state index < -0.39 is 0 Å². The average Bonchev–Trinajstić information content (AvgIpc) is 2.70. The van der Waals surface area contributed by atoms with E-state index in [1.807, 2.05) is 48.5 Å². The highest BCUT2D eigenvalue weighted by Crippen LogP contribution is 2.17. The van der Waals surface area contributed by atoms with Crippen molar-refractivity contribution in [3.63, 3.8) is 0 Å². The zero-order chi connectivity index (χ0) is 18.6. The first kappa shape index (κ1) is 23.0. The maximum Gasteiger partial charge on any atom is 0.191 e. The van der Waals surface area contributed by atoms with Crippen LogP contribution in [-0.2, 0) is 17.9 Å². The predicted octanol–water partition coefficient (Wildman–Crippen LogP) is 3.20. The number of aliphatic imine (C=N–C) groups is 1. The second kappa shape index (κ2) is 13.2. The minimum atomic E-state index is 0. The topological polar surface area (TPSA) is 64.1 Å². The van der Waals surface area contributed by atoms with Gasteiger partial charge in [-0.25, -0.2) is 0 Å². The second-order valence-electron chi connectivity index (χ2n) is 5.57. The van der Waals surface area contributed by atoms with Gasteiger partial charge in [0.2, 0.25) is 0 Å². The molecule has 0 saturated heterocycles. The summed E-state index contributed by atoms with van der Waals surface area (Å²) in [7, 11) is 5.08. The fourth-order valence-corrected chi connectivity index (χ4v) is 2.40. The lowest BCUT2D eigenvalue weighted by Gasteiger charge is -2.13. The van der Waals surface area contributed by atoms with Gasteiger partial charge in [-0.1, -0.05) is 30.3 Å². The number of rotatable bonds is 9. The maximum atomic E-state index is 5.71. The molecule has 2 N–H and O–H groups in total. The number of methoxy groups -OCH3 is 2. The Kier molecular flexibility index (Phi) is 11.3. The minimum absolute atomic E-state index is 0. The van der Waals surface area contributed by atoms with E-state index in [0.717, 1.165) is 28.6 Å². The molecular weight excluding hydrogens is 457 g/mol. The summed E-state index contributed by atoms with van der Waals surface area (Å²) in [6.07, 6.45) is 0. The summed E-state index contributed by atoms with van der Waals surface area (Å²) < 4.78 is 16.2. The monoisotopic (exact) mass is 485 g/mol. The third-order valence-electron chi connectivity index (χ3n) is 3.83. The number of nitrogens with one attached hydrogen (secondary N) is 2. The van der Waals surface area contributed by atoms with Gasteiger partial charge in [-0.15, -0.1) is 24.0 Å². The lowest BCUT2D eigenvalue weighted by Crippen LogP contribution is -2.38. The zero-order valence-corrected chi connectivity index (χ0v) is 18.4. The zero-order valence-electron chi connectivity index (χ0n) is 16.0. The van der Waals surface area contributed by atoms with Gasteiger partial charge in [-0.05, 0) is 23.8 Å². The second-order valence-corrected chi connectivity index (χ2v) is 5.57. The number of ether oxygens (including phenoxy) is 3. The van der Waals surface area contributed by atoms with E-state index in [4.69, 9.17) is 14.2 Å². The van der Waals surface area contributed by atoms with Crippen LogP contribution in [0.3, 0.4) is 0 Å².